The van der Waals surface area contributed by atoms with Crippen LogP contribution in [0.4, 0.5) is 17.1 Å². The second-order valence-electron chi connectivity index (χ2n) is 22.2. The van der Waals surface area contributed by atoms with Crippen molar-refractivity contribution in [2.75, 3.05) is 4.90 Å². The van der Waals surface area contributed by atoms with Gasteiger partial charge in [0, 0.05) is 76.7 Å². The van der Waals surface area contributed by atoms with Crippen LogP contribution in [0, 0.1) is 0 Å². The molecular formula is C81H51N5S. The Balaban J connectivity index is 0.939. The van der Waals surface area contributed by atoms with Crippen molar-refractivity contribution in [3.05, 3.63) is 310 Å². The fourth-order valence-electron chi connectivity index (χ4n) is 13.2. The largest absolute Gasteiger partial charge is 0.309 e. The van der Waals surface area contributed by atoms with Crippen molar-refractivity contribution in [2.24, 2.45) is 0 Å². The number of hydrogen-bond donors (Lipinski definition) is 0. The Labute approximate surface area is 506 Å². The molecule has 0 aliphatic carbocycles. The number of nitrogens with zero attached hydrogens (tertiary/aromatic N) is 5. The molecular weight excluding hydrogens is 1070 g/mol. The Morgan fingerprint density at radius 3 is 1.62 bits per heavy atom. The van der Waals surface area contributed by atoms with Crippen molar-refractivity contribution in [1.82, 2.24) is 19.5 Å². The van der Waals surface area contributed by atoms with E-state index in [4.69, 9.17) is 15.0 Å². The summed E-state index contributed by atoms with van der Waals surface area (Å²) >= 11 is 1.89. The van der Waals surface area contributed by atoms with E-state index in [0.29, 0.717) is 5.82 Å². The number of para-hydroxylation sites is 2. The number of pyridine rings is 1. The summed E-state index contributed by atoms with van der Waals surface area (Å²) < 4.78 is 4.86. The minimum absolute atomic E-state index is 0.646. The van der Waals surface area contributed by atoms with Gasteiger partial charge in [0.2, 0.25) is 0 Å². The van der Waals surface area contributed by atoms with Gasteiger partial charge in [0.05, 0.1) is 33.8 Å². The lowest BCUT2D eigenvalue weighted by atomic mass is 9.93. The van der Waals surface area contributed by atoms with E-state index in [2.05, 4.69) is 295 Å². The van der Waals surface area contributed by atoms with Gasteiger partial charge in [-0.3, -0.25) is 9.55 Å². The molecule has 0 saturated carbocycles. The Morgan fingerprint density at radius 1 is 0.310 bits per heavy atom. The summed E-state index contributed by atoms with van der Waals surface area (Å²) in [5.74, 6) is 1.43. The van der Waals surface area contributed by atoms with Gasteiger partial charge in [0.25, 0.3) is 0 Å². The van der Waals surface area contributed by atoms with Gasteiger partial charge in [-0.05, 0) is 127 Å². The molecule has 4 heterocycles. The lowest BCUT2D eigenvalue weighted by Gasteiger charge is -2.30. The maximum Gasteiger partial charge on any atom is 0.162 e. The van der Waals surface area contributed by atoms with Crippen LogP contribution in [0.15, 0.2) is 310 Å². The predicted octanol–water partition coefficient (Wildman–Crippen LogP) is 22.3. The van der Waals surface area contributed by atoms with E-state index in [9.17, 15) is 0 Å². The van der Waals surface area contributed by atoms with Gasteiger partial charge >= 0.3 is 0 Å². The number of benzene rings is 13. The third-order valence-electron chi connectivity index (χ3n) is 17.2. The van der Waals surface area contributed by atoms with Gasteiger partial charge in [-0.2, -0.15) is 0 Å². The molecule has 17 rings (SSSR count). The second kappa shape index (κ2) is 20.8. The zero-order valence-corrected chi connectivity index (χ0v) is 47.9. The van der Waals surface area contributed by atoms with Gasteiger partial charge < -0.3 is 4.90 Å². The summed E-state index contributed by atoms with van der Waals surface area (Å²) in [7, 11) is 0. The van der Waals surface area contributed by atoms with Crippen molar-refractivity contribution in [1.29, 1.82) is 0 Å². The molecule has 6 heteroatoms. The monoisotopic (exact) mass is 1130 g/mol. The average Bonchev–Trinajstić information content (AvgIpc) is 1.63. The molecule has 0 fully saturated rings. The molecule has 0 saturated heterocycles. The van der Waals surface area contributed by atoms with Crippen LogP contribution < -0.4 is 4.90 Å². The first-order valence-corrected chi connectivity index (χ1v) is 30.3. The van der Waals surface area contributed by atoms with Crippen LogP contribution in [-0.2, 0) is 0 Å². The van der Waals surface area contributed by atoms with Crippen LogP contribution in [0.2, 0.25) is 0 Å². The zero-order chi connectivity index (χ0) is 57.4. The quantitative estimate of drug-likeness (QED) is 0.128. The van der Waals surface area contributed by atoms with Crippen molar-refractivity contribution in [3.63, 3.8) is 0 Å². The molecule has 0 radical (unpaired) electrons. The molecule has 0 amide bonds. The van der Waals surface area contributed by atoms with Gasteiger partial charge in [-0.1, -0.05) is 224 Å². The molecule has 0 aliphatic rings. The van der Waals surface area contributed by atoms with Crippen molar-refractivity contribution >= 4 is 103 Å². The maximum absolute atomic E-state index is 5.55. The molecule has 0 spiro atoms. The number of thiophene rings is 1. The summed E-state index contributed by atoms with van der Waals surface area (Å²) in [4.78, 5) is 18.1. The van der Waals surface area contributed by atoms with E-state index in [1.165, 1.54) is 57.9 Å². The second-order valence-corrected chi connectivity index (χ2v) is 23.3. The van der Waals surface area contributed by atoms with Crippen LogP contribution in [0.5, 0.6) is 0 Å². The highest BCUT2D eigenvalue weighted by Gasteiger charge is 2.25. The van der Waals surface area contributed by atoms with Gasteiger partial charge in [-0.25, -0.2) is 9.97 Å². The van der Waals surface area contributed by atoms with Crippen LogP contribution in [-0.4, -0.2) is 19.5 Å². The first-order chi connectivity index (χ1) is 43.1. The van der Waals surface area contributed by atoms with Gasteiger partial charge in [0.15, 0.2) is 5.82 Å². The Hall–Kier alpha value is -11.3. The van der Waals surface area contributed by atoms with E-state index in [0.717, 1.165) is 101 Å². The van der Waals surface area contributed by atoms with E-state index in [1.807, 2.05) is 35.7 Å². The predicted molar refractivity (Wildman–Crippen MR) is 367 cm³/mol. The molecule has 0 atom stereocenters. The number of aromatic nitrogens is 4. The molecule has 5 nitrogen and oxygen atoms in total. The number of anilines is 3. The minimum atomic E-state index is 0.646. The third kappa shape index (κ3) is 8.56. The molecule has 17 aromatic rings. The van der Waals surface area contributed by atoms with Crippen molar-refractivity contribution in [2.45, 2.75) is 0 Å². The van der Waals surface area contributed by atoms with E-state index in [-0.39, 0.29) is 0 Å². The molecule has 0 aliphatic heterocycles. The molecule has 0 N–H and O–H groups in total. The molecule has 0 bridgehead atoms. The number of rotatable bonds is 10. The van der Waals surface area contributed by atoms with Crippen LogP contribution in [0.1, 0.15) is 0 Å². The smallest absolute Gasteiger partial charge is 0.162 e. The SMILES string of the molecule is c1ccc(-c2ccc(-c3ccccc3)c(N(c3ccccc3)c3ccccc3-c3ccc4c(c3)c3c5sc6cc7c8ccccc8c8ccccc8c7cc6c5ccc3n4-c3cc(-c4cccc(-c5ccccn5)c4)nc(-c4ccccc4)n3)c2)cc1. The van der Waals surface area contributed by atoms with Gasteiger partial charge in [-0.15, -0.1) is 11.3 Å². The molecule has 406 valence electrons. The Morgan fingerprint density at radius 2 is 0.897 bits per heavy atom. The first kappa shape index (κ1) is 50.2. The van der Waals surface area contributed by atoms with E-state index < -0.39 is 0 Å². The molecule has 4 aromatic heterocycles. The Kier molecular flexibility index (Phi) is 12.0. The lowest BCUT2D eigenvalue weighted by molar-refractivity contribution is 1.05. The first-order valence-electron chi connectivity index (χ1n) is 29.5. The fraction of sp³-hybridized carbons (Fsp3) is 0. The normalized spacial score (nSPS) is 11.7. The highest BCUT2D eigenvalue weighted by molar-refractivity contribution is 7.27. The molecule has 87 heavy (non-hydrogen) atoms. The van der Waals surface area contributed by atoms with E-state index >= 15 is 0 Å². The van der Waals surface area contributed by atoms with E-state index in [1.54, 1.807) is 0 Å². The van der Waals surface area contributed by atoms with Crippen LogP contribution in [0.3, 0.4) is 0 Å². The number of fused-ring (bicyclic) bond motifs is 13. The summed E-state index contributed by atoms with van der Waals surface area (Å²) in [6, 6.07) is 110. The van der Waals surface area contributed by atoms with Crippen molar-refractivity contribution < 1.29 is 0 Å². The highest BCUT2D eigenvalue weighted by atomic mass is 32.1. The topological polar surface area (TPSA) is 46.8 Å². The summed E-state index contributed by atoms with van der Waals surface area (Å²) in [5.41, 5.74) is 16.8. The van der Waals surface area contributed by atoms with Crippen molar-refractivity contribution in [3.8, 4) is 73.1 Å². The lowest BCUT2D eigenvalue weighted by Crippen LogP contribution is -2.12. The average molecular weight is 1130 g/mol. The Bertz CT molecular complexity index is 5510. The summed E-state index contributed by atoms with van der Waals surface area (Å²) in [6.07, 6.45) is 1.84. The summed E-state index contributed by atoms with van der Waals surface area (Å²) in [5, 5.41) is 12.4. The molecule has 0 unspecified atom stereocenters. The zero-order valence-electron chi connectivity index (χ0n) is 47.1. The summed E-state index contributed by atoms with van der Waals surface area (Å²) in [6.45, 7) is 0. The standard InChI is InChI=1S/C81H51N5S/c1-5-22-52(23-6-1)55-39-41-61(53-24-7-2-8-25-53)76(48-55)85(59-30-11-4-12-31-59)73-38-18-17-32-60(73)56-40-43-74-70(47-56)79-75(44-42-66-69-49-67-64-35-15-13-33-62(64)63-34-14-16-36-65(63)68(67)50-77(69)87-80(66)79)86(74)78-51-72(83-81(84-78)54-26-9-3-10-27-54)58-29-21-28-57(46-58)71-37-19-20-45-82-71/h1-51H. The van der Waals surface area contributed by atoms with Gasteiger partial charge in [0.1, 0.15) is 5.82 Å². The number of hydrogen-bond acceptors (Lipinski definition) is 5. The van der Waals surface area contributed by atoms with Crippen LogP contribution in [0.25, 0.3) is 147 Å². The highest BCUT2D eigenvalue weighted by Crippen LogP contribution is 2.50. The third-order valence-corrected chi connectivity index (χ3v) is 18.4. The minimum Gasteiger partial charge on any atom is -0.309 e. The fourth-order valence-corrected chi connectivity index (χ4v) is 14.5. The van der Waals surface area contributed by atoms with Crippen LogP contribution >= 0.6 is 11.3 Å². The maximum atomic E-state index is 5.55. The molecule has 13 aromatic carbocycles.